The van der Waals surface area contributed by atoms with E-state index in [0.717, 1.165) is 83.3 Å². The Labute approximate surface area is 344 Å². The molecule has 0 spiro atoms. The van der Waals surface area contributed by atoms with Crippen molar-refractivity contribution in [2.75, 3.05) is 0 Å². The summed E-state index contributed by atoms with van der Waals surface area (Å²) in [7, 11) is 0. The number of para-hydroxylation sites is 4. The van der Waals surface area contributed by atoms with Gasteiger partial charge in [-0.2, -0.15) is 0 Å². The van der Waals surface area contributed by atoms with Crippen molar-refractivity contribution < 1.29 is 21.1 Å². The van der Waals surface area contributed by atoms with Crippen molar-refractivity contribution in [3.63, 3.8) is 0 Å². The largest absolute Gasteiger partial charge is 2.00 e. The summed E-state index contributed by atoms with van der Waals surface area (Å²) >= 11 is 0. The normalized spacial score (nSPS) is 11.9. The summed E-state index contributed by atoms with van der Waals surface area (Å²) in [5.41, 5.74) is 12.0. The van der Waals surface area contributed by atoms with Gasteiger partial charge in [-0.1, -0.05) is 146 Å². The minimum Gasteiger partial charge on any atom is -0.656 e. The monoisotopic (exact) mass is 912 g/mol. The number of benzene rings is 7. The Morgan fingerprint density at radius 3 is 2.09 bits per heavy atom. The van der Waals surface area contributed by atoms with Crippen LogP contribution in [0.1, 0.15) is 25.0 Å². The molecule has 0 saturated heterocycles. The van der Waals surface area contributed by atoms with E-state index in [2.05, 4.69) is 187 Å². The van der Waals surface area contributed by atoms with Gasteiger partial charge in [-0.05, 0) is 69.2 Å². The number of pyridine rings is 1. The van der Waals surface area contributed by atoms with Crippen LogP contribution in [0.4, 0.5) is 0 Å². The molecule has 11 aromatic rings. The van der Waals surface area contributed by atoms with Crippen LogP contribution in [0.15, 0.2) is 176 Å². The maximum atomic E-state index is 5.64. The maximum Gasteiger partial charge on any atom is 2.00 e. The molecule has 4 heterocycles. The van der Waals surface area contributed by atoms with E-state index in [1.165, 1.54) is 16.5 Å². The van der Waals surface area contributed by atoms with Gasteiger partial charge < -0.3 is 9.55 Å². The zero-order chi connectivity index (χ0) is 37.4. The average molecular weight is 913 g/mol. The predicted octanol–water partition coefficient (Wildman–Crippen LogP) is 12.2. The van der Waals surface area contributed by atoms with Crippen molar-refractivity contribution in [3.8, 4) is 34.0 Å². The SMILES string of the molecule is CC(C)(c1ccccc1)c1cc(-c2[c-]c3c(cc2)c2ccccc2n3-c2ccccn2)c2nc(-c3cccc4c3[n-]c3ccccc34)n(-c3ccccc3)c2c1.[Pt+2]. The number of nitrogens with zero attached hydrogens (tertiary/aromatic N) is 5. The molecule has 0 unspecified atom stereocenters. The Hall–Kier alpha value is -6.55. The Morgan fingerprint density at radius 2 is 1.28 bits per heavy atom. The van der Waals surface area contributed by atoms with Gasteiger partial charge >= 0.3 is 21.1 Å². The van der Waals surface area contributed by atoms with Crippen molar-refractivity contribution in [1.82, 2.24) is 24.1 Å². The van der Waals surface area contributed by atoms with Crippen LogP contribution >= 0.6 is 0 Å². The summed E-state index contributed by atoms with van der Waals surface area (Å²) in [6, 6.07) is 63.8. The molecule has 0 atom stereocenters. The second-order valence-corrected chi connectivity index (χ2v) is 15.0. The Kier molecular flexibility index (Phi) is 8.32. The van der Waals surface area contributed by atoms with Crippen LogP contribution in [0.5, 0.6) is 0 Å². The fourth-order valence-corrected chi connectivity index (χ4v) is 8.54. The van der Waals surface area contributed by atoms with Gasteiger partial charge in [0.15, 0.2) is 0 Å². The zero-order valence-electron chi connectivity index (χ0n) is 31.3. The van der Waals surface area contributed by atoms with E-state index in [1.807, 2.05) is 18.3 Å². The molecule has 7 aromatic carbocycles. The first kappa shape index (κ1) is 34.9. The number of imidazole rings is 1. The summed E-state index contributed by atoms with van der Waals surface area (Å²) in [6.07, 6.45) is 1.85. The van der Waals surface area contributed by atoms with Crippen LogP contribution in [-0.2, 0) is 26.5 Å². The van der Waals surface area contributed by atoms with Crippen LogP contribution in [0.2, 0.25) is 0 Å². The summed E-state index contributed by atoms with van der Waals surface area (Å²) in [4.78, 5) is 15.6. The topological polar surface area (TPSA) is 49.7 Å². The van der Waals surface area contributed by atoms with E-state index in [-0.39, 0.29) is 26.5 Å². The molecule has 0 saturated carbocycles. The third-order valence-electron chi connectivity index (χ3n) is 11.4. The Balaban J connectivity index is 0.00000396. The van der Waals surface area contributed by atoms with Gasteiger partial charge in [0.1, 0.15) is 11.6 Å². The van der Waals surface area contributed by atoms with E-state index in [1.54, 1.807) is 0 Å². The second kappa shape index (κ2) is 13.6. The van der Waals surface area contributed by atoms with Gasteiger partial charge in [0.2, 0.25) is 0 Å². The van der Waals surface area contributed by atoms with Crippen LogP contribution in [0, 0.1) is 6.07 Å². The molecule has 0 aliphatic carbocycles. The molecule has 11 rings (SSSR count). The molecule has 6 heteroatoms. The van der Waals surface area contributed by atoms with E-state index in [4.69, 9.17) is 15.0 Å². The Bertz CT molecular complexity index is 3270. The van der Waals surface area contributed by atoms with Crippen molar-refractivity contribution in [3.05, 3.63) is 193 Å². The molecule has 274 valence electrons. The minimum absolute atomic E-state index is 0. The number of aromatic nitrogens is 5. The maximum absolute atomic E-state index is 5.64. The van der Waals surface area contributed by atoms with Gasteiger partial charge in [-0.3, -0.25) is 4.57 Å². The van der Waals surface area contributed by atoms with Crippen molar-refractivity contribution >= 4 is 54.6 Å². The fraction of sp³-hybridized carbons (Fsp3) is 0.0588. The third kappa shape index (κ3) is 5.49. The van der Waals surface area contributed by atoms with E-state index >= 15 is 0 Å². The number of hydrogen-bond acceptors (Lipinski definition) is 2. The molecular weight excluding hydrogens is 878 g/mol. The van der Waals surface area contributed by atoms with Crippen molar-refractivity contribution in [2.24, 2.45) is 0 Å². The molecule has 0 amide bonds. The smallest absolute Gasteiger partial charge is 0.656 e. The molecule has 0 radical (unpaired) electrons. The first-order chi connectivity index (χ1) is 27.5. The molecular formula is C51H35N5Pt. The fourth-order valence-electron chi connectivity index (χ4n) is 8.54. The van der Waals surface area contributed by atoms with Gasteiger partial charge in [-0.25, -0.2) is 9.97 Å². The first-order valence-electron chi connectivity index (χ1n) is 19.0. The van der Waals surface area contributed by atoms with Gasteiger partial charge in [0.25, 0.3) is 0 Å². The molecule has 4 aromatic heterocycles. The number of hydrogen-bond donors (Lipinski definition) is 0. The summed E-state index contributed by atoms with van der Waals surface area (Å²) in [5.74, 6) is 1.70. The van der Waals surface area contributed by atoms with E-state index in [0.29, 0.717) is 0 Å². The molecule has 0 bridgehead atoms. The molecule has 0 fully saturated rings. The van der Waals surface area contributed by atoms with Gasteiger partial charge in [-0.15, -0.1) is 34.8 Å². The van der Waals surface area contributed by atoms with Crippen molar-refractivity contribution in [1.29, 1.82) is 0 Å². The summed E-state index contributed by atoms with van der Waals surface area (Å²) in [5, 5.41) is 4.56. The van der Waals surface area contributed by atoms with Gasteiger partial charge in [0.05, 0.1) is 11.0 Å². The van der Waals surface area contributed by atoms with Gasteiger partial charge in [0, 0.05) is 28.4 Å². The Morgan fingerprint density at radius 1 is 0.561 bits per heavy atom. The van der Waals surface area contributed by atoms with Crippen LogP contribution in [0.3, 0.4) is 0 Å². The average Bonchev–Trinajstić information content (AvgIpc) is 3.94. The van der Waals surface area contributed by atoms with Crippen LogP contribution < -0.4 is 4.98 Å². The number of fused-ring (bicyclic) bond motifs is 7. The molecule has 0 aliphatic heterocycles. The second-order valence-electron chi connectivity index (χ2n) is 15.0. The zero-order valence-corrected chi connectivity index (χ0v) is 33.6. The van der Waals surface area contributed by atoms with Crippen LogP contribution in [-0.4, -0.2) is 19.1 Å². The van der Waals surface area contributed by atoms with Crippen LogP contribution in [0.25, 0.3) is 88.7 Å². The first-order valence-corrected chi connectivity index (χ1v) is 19.0. The quantitative estimate of drug-likeness (QED) is 0.156. The summed E-state index contributed by atoms with van der Waals surface area (Å²) < 4.78 is 4.55. The van der Waals surface area contributed by atoms with E-state index in [9.17, 15) is 0 Å². The molecule has 5 nitrogen and oxygen atoms in total. The standard InChI is InChI=1S/C51H35N5.Pt/c1-51(2,34-16-5-3-6-17-34)35-31-42(33-27-28-39-38-21-10-12-25-44(38)56(45(39)30-33)47-26-13-14-29-52-47)49-46(32-35)55(36-18-7-4-8-19-36)50(54-49)41-23-15-22-40-37-20-9-11-24-43(37)53-48(40)41;/h3-29,31-32H,1-2H3;/q-2;+2. The minimum atomic E-state index is -0.325. The molecule has 0 aliphatic rings. The molecule has 57 heavy (non-hydrogen) atoms. The predicted molar refractivity (Wildman–Crippen MR) is 230 cm³/mol. The summed E-state index contributed by atoms with van der Waals surface area (Å²) in [6.45, 7) is 4.62. The van der Waals surface area contributed by atoms with E-state index < -0.39 is 0 Å². The third-order valence-corrected chi connectivity index (χ3v) is 11.4. The number of rotatable bonds is 6. The molecule has 0 N–H and O–H groups in total. The van der Waals surface area contributed by atoms with Crippen molar-refractivity contribution in [2.45, 2.75) is 19.3 Å².